The molecule has 3 aromatic rings. The quantitative estimate of drug-likeness (QED) is 0.381. The van der Waals surface area contributed by atoms with Gasteiger partial charge in [-0.05, 0) is 66.7 Å². The molecule has 0 fully saturated rings. The van der Waals surface area contributed by atoms with E-state index < -0.39 is 11.7 Å². The van der Waals surface area contributed by atoms with Crippen LogP contribution in [0.5, 0.6) is 0 Å². The van der Waals surface area contributed by atoms with E-state index in [0.717, 1.165) is 5.56 Å². The first kappa shape index (κ1) is 23.7. The van der Waals surface area contributed by atoms with Gasteiger partial charge in [-0.2, -0.15) is 0 Å². The molecule has 0 saturated heterocycles. The third kappa shape index (κ3) is 6.75. The molecule has 0 aliphatic heterocycles. The van der Waals surface area contributed by atoms with E-state index in [4.69, 9.17) is 35.4 Å². The van der Waals surface area contributed by atoms with Crippen LogP contribution in [0, 0.1) is 5.82 Å². The highest BCUT2D eigenvalue weighted by Crippen LogP contribution is 2.20. The lowest BCUT2D eigenvalue weighted by molar-refractivity contribution is -0.119. The highest BCUT2D eigenvalue weighted by atomic mass is 35.5. The summed E-state index contributed by atoms with van der Waals surface area (Å²) < 4.78 is 13.3. The summed E-state index contributed by atoms with van der Waals surface area (Å²) in [5.41, 5.74) is 2.10. The second-order valence-electron chi connectivity index (χ2n) is 6.76. The molecular weight excluding hydrogens is 472 g/mol. The van der Waals surface area contributed by atoms with Gasteiger partial charge in [-0.1, -0.05) is 47.5 Å². The number of carbonyl (C=O) groups is 2. The molecule has 0 aromatic heterocycles. The topological polar surface area (TPSA) is 70.2 Å². The van der Waals surface area contributed by atoms with E-state index in [2.05, 4.69) is 16.0 Å². The number of hydrogen-bond donors (Lipinski definition) is 3. The van der Waals surface area contributed by atoms with Gasteiger partial charge in [0.05, 0.1) is 5.02 Å². The Bertz CT molecular complexity index is 1170. The molecule has 3 rings (SSSR count). The summed E-state index contributed by atoms with van der Waals surface area (Å²) in [6, 6.07) is 17.8. The average Bonchev–Trinajstić information content (AvgIpc) is 2.76. The van der Waals surface area contributed by atoms with E-state index in [-0.39, 0.29) is 22.5 Å². The second-order valence-corrected chi connectivity index (χ2v) is 7.98. The molecule has 0 aliphatic rings. The number of carbonyl (C=O) groups excluding carboxylic acids is 2. The summed E-state index contributed by atoms with van der Waals surface area (Å²) in [5, 5.41) is 8.76. The van der Waals surface area contributed by atoms with Crippen molar-refractivity contribution in [1.82, 2.24) is 5.32 Å². The zero-order chi connectivity index (χ0) is 23.1. The Morgan fingerprint density at radius 2 is 1.62 bits per heavy atom. The Morgan fingerprint density at radius 1 is 0.875 bits per heavy atom. The van der Waals surface area contributed by atoms with Crippen molar-refractivity contribution in [3.63, 3.8) is 0 Å². The van der Waals surface area contributed by atoms with Crippen LogP contribution in [-0.4, -0.2) is 16.9 Å². The van der Waals surface area contributed by atoms with Gasteiger partial charge < -0.3 is 16.0 Å². The molecule has 0 bridgehead atoms. The maximum Gasteiger partial charge on any atom is 0.255 e. The first-order chi connectivity index (χ1) is 15.3. The number of rotatable bonds is 6. The van der Waals surface area contributed by atoms with E-state index >= 15 is 0 Å². The fourth-order valence-electron chi connectivity index (χ4n) is 2.82. The van der Waals surface area contributed by atoms with Crippen molar-refractivity contribution in [3.8, 4) is 0 Å². The Morgan fingerprint density at radius 3 is 2.38 bits per heavy atom. The maximum atomic E-state index is 13.3. The zero-order valence-electron chi connectivity index (χ0n) is 16.6. The Kier molecular flexibility index (Phi) is 8.16. The summed E-state index contributed by atoms with van der Waals surface area (Å²) in [6.07, 6.45) is 0.700. The van der Waals surface area contributed by atoms with E-state index in [1.165, 1.54) is 18.2 Å². The highest BCUT2D eigenvalue weighted by Gasteiger charge is 2.11. The predicted octanol–water partition coefficient (Wildman–Crippen LogP) is 5.83. The lowest BCUT2D eigenvalue weighted by Gasteiger charge is -2.11. The number of thiocarbonyl (C=S) groups is 1. The number of nitrogens with one attached hydrogen (secondary N) is 3. The molecule has 3 aromatic carbocycles. The summed E-state index contributed by atoms with van der Waals surface area (Å²) in [5.74, 6) is -1.24. The van der Waals surface area contributed by atoms with E-state index in [1.807, 2.05) is 18.2 Å². The molecule has 0 spiro atoms. The van der Waals surface area contributed by atoms with Crippen molar-refractivity contribution in [2.75, 3.05) is 10.6 Å². The van der Waals surface area contributed by atoms with Crippen molar-refractivity contribution in [3.05, 3.63) is 93.7 Å². The molecule has 0 unspecified atom stereocenters. The summed E-state index contributed by atoms with van der Waals surface area (Å²) in [6.45, 7) is 0. The molecule has 0 aliphatic carbocycles. The minimum atomic E-state index is -0.571. The first-order valence-corrected chi connectivity index (χ1v) is 10.7. The van der Waals surface area contributed by atoms with Gasteiger partial charge in [-0.3, -0.25) is 9.59 Å². The molecule has 32 heavy (non-hydrogen) atoms. The number of halogens is 3. The van der Waals surface area contributed by atoms with Gasteiger partial charge in [0, 0.05) is 28.4 Å². The molecule has 0 heterocycles. The lowest BCUT2D eigenvalue weighted by Crippen LogP contribution is -2.34. The smallest absolute Gasteiger partial charge is 0.255 e. The Labute approximate surface area is 199 Å². The van der Waals surface area contributed by atoms with Crippen LogP contribution in [0.15, 0.2) is 66.7 Å². The molecule has 9 heteroatoms. The maximum absolute atomic E-state index is 13.3. The minimum absolute atomic E-state index is 0.0890. The first-order valence-electron chi connectivity index (χ1n) is 9.52. The number of aryl methyl sites for hydroxylation is 1. The zero-order valence-corrected chi connectivity index (χ0v) is 19.0. The summed E-state index contributed by atoms with van der Waals surface area (Å²) >= 11 is 17.0. The van der Waals surface area contributed by atoms with Gasteiger partial charge in [0.2, 0.25) is 5.91 Å². The van der Waals surface area contributed by atoms with Crippen molar-refractivity contribution < 1.29 is 14.0 Å². The van der Waals surface area contributed by atoms with E-state index in [0.29, 0.717) is 28.4 Å². The van der Waals surface area contributed by atoms with E-state index in [9.17, 15) is 14.0 Å². The van der Waals surface area contributed by atoms with Crippen molar-refractivity contribution in [2.24, 2.45) is 0 Å². The standard InChI is InChI=1S/C23H18Cl2FN3O2S/c24-18-7-2-1-4-14(18)8-11-21(30)29-23(32)28-16-6-3-5-15(12-16)22(31)27-17-9-10-20(26)19(25)13-17/h1-7,9-10,12-13H,8,11H2,(H,27,31)(H2,28,29,30,32). The van der Waals surface area contributed by atoms with Gasteiger partial charge >= 0.3 is 0 Å². The van der Waals surface area contributed by atoms with Crippen LogP contribution in [0.1, 0.15) is 22.3 Å². The second kappa shape index (κ2) is 11.0. The monoisotopic (exact) mass is 489 g/mol. The molecule has 5 nitrogen and oxygen atoms in total. The third-order valence-corrected chi connectivity index (χ3v) is 5.25. The largest absolute Gasteiger partial charge is 0.332 e. The SMILES string of the molecule is O=C(CCc1ccccc1Cl)NC(=S)Nc1cccc(C(=O)Nc2ccc(F)c(Cl)c2)c1. The van der Waals surface area contributed by atoms with Gasteiger partial charge in [-0.15, -0.1) is 0 Å². The van der Waals surface area contributed by atoms with Crippen LogP contribution in [0.3, 0.4) is 0 Å². The van der Waals surface area contributed by atoms with Crippen LogP contribution >= 0.6 is 35.4 Å². The predicted molar refractivity (Wildman–Crippen MR) is 130 cm³/mol. The lowest BCUT2D eigenvalue weighted by atomic mass is 10.1. The fraction of sp³-hybridized carbons (Fsp3) is 0.0870. The molecule has 0 atom stereocenters. The van der Waals surface area contributed by atoms with Crippen molar-refractivity contribution in [2.45, 2.75) is 12.8 Å². The molecule has 2 amide bonds. The molecule has 0 radical (unpaired) electrons. The molecule has 3 N–H and O–H groups in total. The van der Waals surface area contributed by atoms with Crippen LogP contribution < -0.4 is 16.0 Å². The number of anilines is 2. The van der Waals surface area contributed by atoms with Crippen LogP contribution in [0.4, 0.5) is 15.8 Å². The van der Waals surface area contributed by atoms with Crippen molar-refractivity contribution >= 4 is 63.7 Å². The van der Waals surface area contributed by atoms with E-state index in [1.54, 1.807) is 30.3 Å². The van der Waals surface area contributed by atoms with Crippen LogP contribution in [0.25, 0.3) is 0 Å². The average molecular weight is 490 g/mol. The number of amides is 2. The van der Waals surface area contributed by atoms with Gasteiger partial charge in [0.15, 0.2) is 5.11 Å². The molecule has 0 saturated carbocycles. The highest BCUT2D eigenvalue weighted by molar-refractivity contribution is 7.80. The van der Waals surface area contributed by atoms with Gasteiger partial charge in [0.25, 0.3) is 5.91 Å². The Balaban J connectivity index is 1.54. The third-order valence-electron chi connectivity index (χ3n) is 4.39. The van der Waals surface area contributed by atoms with Gasteiger partial charge in [-0.25, -0.2) is 4.39 Å². The molecule has 164 valence electrons. The number of benzene rings is 3. The van der Waals surface area contributed by atoms with Crippen LogP contribution in [0.2, 0.25) is 10.0 Å². The molecular formula is C23H18Cl2FN3O2S. The Hall–Kier alpha value is -3.00. The minimum Gasteiger partial charge on any atom is -0.332 e. The fourth-order valence-corrected chi connectivity index (χ4v) is 3.46. The van der Waals surface area contributed by atoms with Crippen LogP contribution in [-0.2, 0) is 11.2 Å². The summed E-state index contributed by atoms with van der Waals surface area (Å²) in [4.78, 5) is 24.7. The normalized spacial score (nSPS) is 10.3. The van der Waals surface area contributed by atoms with Crippen molar-refractivity contribution in [1.29, 1.82) is 0 Å². The summed E-state index contributed by atoms with van der Waals surface area (Å²) in [7, 11) is 0. The van der Waals surface area contributed by atoms with Gasteiger partial charge in [0.1, 0.15) is 5.82 Å². The number of hydrogen-bond acceptors (Lipinski definition) is 3.